The Morgan fingerprint density at radius 3 is 2.60 bits per heavy atom. The molecule has 0 aliphatic rings. The van der Waals surface area contributed by atoms with E-state index >= 15 is 0 Å². The SMILES string of the molecule is COC(=O)c1cc(C)nc2c1c(=O)[nH]c(=O)n2-c1ccccc1OC. The molecule has 0 atom stereocenters. The van der Waals surface area contributed by atoms with Crippen LogP contribution in [-0.4, -0.2) is 34.7 Å². The summed E-state index contributed by atoms with van der Waals surface area (Å²) in [7, 11) is 2.69. The number of esters is 1. The van der Waals surface area contributed by atoms with Crippen LogP contribution in [0.4, 0.5) is 0 Å². The number of nitrogens with one attached hydrogen (secondary N) is 1. The van der Waals surface area contributed by atoms with Crippen molar-refractivity contribution in [3.8, 4) is 11.4 Å². The Labute approximate surface area is 141 Å². The van der Waals surface area contributed by atoms with Gasteiger partial charge in [0.1, 0.15) is 5.75 Å². The maximum Gasteiger partial charge on any atom is 0.338 e. The number of H-pyrrole nitrogens is 1. The van der Waals surface area contributed by atoms with Crippen LogP contribution in [0.3, 0.4) is 0 Å². The lowest BCUT2D eigenvalue weighted by Crippen LogP contribution is -2.31. The fraction of sp³-hybridized carbons (Fsp3) is 0.176. The number of aromatic amines is 1. The summed E-state index contributed by atoms with van der Waals surface area (Å²) in [6, 6.07) is 8.24. The van der Waals surface area contributed by atoms with E-state index in [1.807, 2.05) is 0 Å². The molecule has 25 heavy (non-hydrogen) atoms. The highest BCUT2D eigenvalue weighted by molar-refractivity contribution is 6.02. The summed E-state index contributed by atoms with van der Waals surface area (Å²) in [4.78, 5) is 43.4. The van der Waals surface area contributed by atoms with Crippen LogP contribution in [0.2, 0.25) is 0 Å². The van der Waals surface area contributed by atoms with Crippen LogP contribution in [0, 0.1) is 6.92 Å². The molecule has 128 valence electrons. The normalized spacial score (nSPS) is 10.7. The van der Waals surface area contributed by atoms with Crippen LogP contribution >= 0.6 is 0 Å². The number of hydrogen-bond donors (Lipinski definition) is 1. The Morgan fingerprint density at radius 1 is 1.20 bits per heavy atom. The Morgan fingerprint density at radius 2 is 1.92 bits per heavy atom. The van der Waals surface area contributed by atoms with E-state index in [0.29, 0.717) is 17.1 Å². The number of ether oxygens (including phenoxy) is 2. The van der Waals surface area contributed by atoms with Gasteiger partial charge in [0.15, 0.2) is 5.65 Å². The number of carbonyl (C=O) groups is 1. The molecule has 0 fully saturated rings. The zero-order valence-corrected chi connectivity index (χ0v) is 13.8. The lowest BCUT2D eigenvalue weighted by Gasteiger charge is -2.14. The number of para-hydroxylation sites is 2. The van der Waals surface area contributed by atoms with Gasteiger partial charge >= 0.3 is 11.7 Å². The number of fused-ring (bicyclic) bond motifs is 1. The van der Waals surface area contributed by atoms with E-state index < -0.39 is 17.2 Å². The highest BCUT2D eigenvalue weighted by atomic mass is 16.5. The molecular formula is C17H15N3O5. The first-order chi connectivity index (χ1) is 12.0. The van der Waals surface area contributed by atoms with Gasteiger partial charge in [0.05, 0.1) is 30.9 Å². The van der Waals surface area contributed by atoms with Crippen molar-refractivity contribution < 1.29 is 14.3 Å². The first-order valence-electron chi connectivity index (χ1n) is 7.36. The van der Waals surface area contributed by atoms with Crippen molar-refractivity contribution in [2.45, 2.75) is 6.92 Å². The van der Waals surface area contributed by atoms with Gasteiger partial charge in [0.2, 0.25) is 0 Å². The molecule has 3 rings (SSSR count). The van der Waals surface area contributed by atoms with E-state index in [1.54, 1.807) is 31.2 Å². The largest absolute Gasteiger partial charge is 0.495 e. The van der Waals surface area contributed by atoms with Crippen LogP contribution in [0.5, 0.6) is 5.75 Å². The fourth-order valence-electron chi connectivity index (χ4n) is 2.66. The molecule has 8 nitrogen and oxygen atoms in total. The van der Waals surface area contributed by atoms with Crippen molar-refractivity contribution in [1.29, 1.82) is 0 Å². The molecule has 2 heterocycles. The number of rotatable bonds is 3. The van der Waals surface area contributed by atoms with Gasteiger partial charge < -0.3 is 9.47 Å². The molecule has 0 aliphatic carbocycles. The van der Waals surface area contributed by atoms with Crippen molar-refractivity contribution in [3.05, 3.63) is 62.4 Å². The van der Waals surface area contributed by atoms with Crippen molar-refractivity contribution in [1.82, 2.24) is 14.5 Å². The second-order valence-corrected chi connectivity index (χ2v) is 5.27. The van der Waals surface area contributed by atoms with Gasteiger partial charge in [-0.3, -0.25) is 9.78 Å². The fourth-order valence-corrected chi connectivity index (χ4v) is 2.66. The minimum atomic E-state index is -0.709. The van der Waals surface area contributed by atoms with Crippen LogP contribution in [0.25, 0.3) is 16.7 Å². The van der Waals surface area contributed by atoms with E-state index in [4.69, 9.17) is 9.47 Å². The van der Waals surface area contributed by atoms with E-state index in [1.165, 1.54) is 24.9 Å². The zero-order valence-electron chi connectivity index (χ0n) is 13.8. The van der Waals surface area contributed by atoms with Crippen LogP contribution < -0.4 is 16.0 Å². The second kappa shape index (κ2) is 6.23. The van der Waals surface area contributed by atoms with E-state index in [0.717, 1.165) is 0 Å². The van der Waals surface area contributed by atoms with Gasteiger partial charge in [0, 0.05) is 5.69 Å². The van der Waals surface area contributed by atoms with Crippen molar-refractivity contribution in [2.24, 2.45) is 0 Å². The summed E-state index contributed by atoms with van der Waals surface area (Å²) in [5, 5.41) is -0.0250. The molecule has 0 unspecified atom stereocenters. The summed E-state index contributed by atoms with van der Waals surface area (Å²) in [6.07, 6.45) is 0. The first-order valence-corrected chi connectivity index (χ1v) is 7.36. The number of methoxy groups -OCH3 is 2. The molecule has 2 aromatic heterocycles. The van der Waals surface area contributed by atoms with Gasteiger partial charge in [-0.2, -0.15) is 0 Å². The lowest BCUT2D eigenvalue weighted by atomic mass is 10.1. The van der Waals surface area contributed by atoms with Crippen molar-refractivity contribution in [2.75, 3.05) is 14.2 Å². The number of carbonyl (C=O) groups excluding carboxylic acids is 1. The third kappa shape index (κ3) is 2.67. The van der Waals surface area contributed by atoms with Gasteiger partial charge in [-0.25, -0.2) is 19.1 Å². The molecule has 1 aromatic carbocycles. The minimum absolute atomic E-state index is 0.0250. The molecule has 0 saturated heterocycles. The number of pyridine rings is 1. The third-order valence-corrected chi connectivity index (χ3v) is 3.72. The molecule has 0 spiro atoms. The number of aromatic nitrogens is 3. The van der Waals surface area contributed by atoms with Crippen LogP contribution in [0.15, 0.2) is 39.9 Å². The first kappa shape index (κ1) is 16.4. The molecule has 0 aliphatic heterocycles. The molecule has 8 heteroatoms. The van der Waals surface area contributed by atoms with E-state index in [-0.39, 0.29) is 16.6 Å². The van der Waals surface area contributed by atoms with Gasteiger partial charge in [-0.05, 0) is 25.1 Å². The molecule has 0 amide bonds. The lowest BCUT2D eigenvalue weighted by molar-refractivity contribution is 0.0602. The molecular weight excluding hydrogens is 326 g/mol. The quantitative estimate of drug-likeness (QED) is 0.718. The molecule has 1 N–H and O–H groups in total. The topological polar surface area (TPSA) is 103 Å². The Bertz CT molecular complexity index is 1100. The highest BCUT2D eigenvalue weighted by Gasteiger charge is 2.20. The standard InChI is InChI=1S/C17H15N3O5/c1-9-8-10(16(22)25-3)13-14(18-9)20(17(23)19-15(13)21)11-6-4-5-7-12(11)24-2/h4-8H,1-3H3,(H,19,21,23). The Hall–Kier alpha value is -3.42. The zero-order chi connectivity index (χ0) is 18.1. The van der Waals surface area contributed by atoms with E-state index in [2.05, 4.69) is 9.97 Å². The molecule has 0 saturated carbocycles. The third-order valence-electron chi connectivity index (χ3n) is 3.72. The number of nitrogens with zero attached hydrogens (tertiary/aromatic N) is 2. The molecule has 0 radical (unpaired) electrons. The second-order valence-electron chi connectivity index (χ2n) is 5.27. The van der Waals surface area contributed by atoms with Gasteiger partial charge in [0.25, 0.3) is 5.56 Å². The van der Waals surface area contributed by atoms with Gasteiger partial charge in [-0.15, -0.1) is 0 Å². The van der Waals surface area contributed by atoms with Crippen molar-refractivity contribution in [3.63, 3.8) is 0 Å². The van der Waals surface area contributed by atoms with Gasteiger partial charge in [-0.1, -0.05) is 12.1 Å². The monoisotopic (exact) mass is 341 g/mol. The average Bonchev–Trinajstić information content (AvgIpc) is 2.60. The predicted octanol–water partition coefficient (Wildman–Crippen LogP) is 1.18. The maximum absolute atomic E-state index is 12.5. The number of aryl methyl sites for hydroxylation is 1. The molecule has 3 aromatic rings. The Balaban J connectivity index is 2.54. The minimum Gasteiger partial charge on any atom is -0.495 e. The van der Waals surface area contributed by atoms with Crippen LogP contribution in [-0.2, 0) is 4.74 Å². The summed E-state index contributed by atoms with van der Waals surface area (Å²) >= 11 is 0. The highest BCUT2D eigenvalue weighted by Crippen LogP contribution is 2.24. The Kier molecular flexibility index (Phi) is 4.10. The smallest absolute Gasteiger partial charge is 0.338 e. The van der Waals surface area contributed by atoms with E-state index in [9.17, 15) is 14.4 Å². The summed E-state index contributed by atoms with van der Waals surface area (Å²) in [5.74, 6) is -0.271. The summed E-state index contributed by atoms with van der Waals surface area (Å²) in [6.45, 7) is 1.66. The van der Waals surface area contributed by atoms with Crippen molar-refractivity contribution >= 4 is 17.0 Å². The summed E-state index contributed by atoms with van der Waals surface area (Å²) < 4.78 is 11.2. The predicted molar refractivity (Wildman–Crippen MR) is 90.6 cm³/mol. The number of benzene rings is 1. The average molecular weight is 341 g/mol. The number of hydrogen-bond acceptors (Lipinski definition) is 6. The summed E-state index contributed by atoms with van der Waals surface area (Å²) in [5.41, 5.74) is -0.449. The molecule has 0 bridgehead atoms. The maximum atomic E-state index is 12.5. The van der Waals surface area contributed by atoms with Crippen LogP contribution in [0.1, 0.15) is 16.1 Å².